The van der Waals surface area contributed by atoms with Crippen molar-refractivity contribution < 1.29 is 19.0 Å². The number of hydrogen-bond donors (Lipinski definition) is 1. The van der Waals surface area contributed by atoms with Crippen LogP contribution in [-0.2, 0) is 9.78 Å². The molecule has 0 radical (unpaired) electrons. The second kappa shape index (κ2) is 6.15. The molecule has 2 N–H and O–H groups in total. The van der Waals surface area contributed by atoms with Crippen molar-refractivity contribution in [3.8, 4) is 0 Å². The van der Waals surface area contributed by atoms with E-state index in [4.69, 9.17) is 27.1 Å². The molecule has 23 heavy (non-hydrogen) atoms. The van der Waals surface area contributed by atoms with Crippen LogP contribution >= 0.6 is 11.6 Å². The van der Waals surface area contributed by atoms with E-state index in [0.717, 1.165) is 5.23 Å². The summed E-state index contributed by atoms with van der Waals surface area (Å²) in [5, 5.41) is 1.88. The van der Waals surface area contributed by atoms with Crippen LogP contribution in [0.15, 0.2) is 60.6 Å². The number of carbonyl (C=O) groups excluding carboxylic acids is 1. The molecule has 1 aliphatic rings. The molecule has 0 saturated carbocycles. The summed E-state index contributed by atoms with van der Waals surface area (Å²) in [6.07, 6.45) is 1.36. The highest BCUT2D eigenvalue weighted by molar-refractivity contribution is 6.31. The van der Waals surface area contributed by atoms with Gasteiger partial charge in [-0.25, -0.2) is 9.18 Å². The minimum absolute atomic E-state index is 0.0368. The first-order chi connectivity index (χ1) is 11.0. The standard InChI is InChI=1S/C15H11ClFN3O3/c16-12-8-11(6-7-13(12)17)19-9-14(18)20(23-19)22-15(21)10-4-2-1-3-5-10/h1-9H,18H2. The van der Waals surface area contributed by atoms with Crippen molar-refractivity contribution in [1.82, 2.24) is 5.23 Å². The Balaban J connectivity index is 1.71. The van der Waals surface area contributed by atoms with Crippen molar-refractivity contribution in [3.05, 3.63) is 77.0 Å². The van der Waals surface area contributed by atoms with Gasteiger partial charge in [-0.3, -0.25) is 0 Å². The number of benzene rings is 2. The smallest absolute Gasteiger partial charge is 0.366 e. The third kappa shape index (κ3) is 3.20. The maximum atomic E-state index is 13.2. The van der Waals surface area contributed by atoms with E-state index in [9.17, 15) is 9.18 Å². The summed E-state index contributed by atoms with van der Waals surface area (Å²) in [4.78, 5) is 22.3. The summed E-state index contributed by atoms with van der Waals surface area (Å²) < 4.78 is 13.2. The lowest BCUT2D eigenvalue weighted by molar-refractivity contribution is -0.300. The molecule has 0 aromatic heterocycles. The Labute approximate surface area is 135 Å². The van der Waals surface area contributed by atoms with Gasteiger partial charge in [0.2, 0.25) is 0 Å². The fraction of sp³-hybridized carbons (Fsp3) is 0. The third-order valence-electron chi connectivity index (χ3n) is 2.96. The van der Waals surface area contributed by atoms with Gasteiger partial charge < -0.3 is 10.6 Å². The summed E-state index contributed by atoms with van der Waals surface area (Å²) in [5.74, 6) is -1.16. The van der Waals surface area contributed by atoms with Gasteiger partial charge in [-0.2, -0.15) is 5.06 Å². The number of rotatable bonds is 3. The van der Waals surface area contributed by atoms with Crippen LogP contribution in [-0.4, -0.2) is 11.2 Å². The maximum absolute atomic E-state index is 13.2. The maximum Gasteiger partial charge on any atom is 0.366 e. The molecule has 0 fully saturated rings. The van der Waals surface area contributed by atoms with Crippen molar-refractivity contribution in [2.75, 3.05) is 5.06 Å². The number of carbonyl (C=O) groups is 1. The highest BCUT2D eigenvalue weighted by Crippen LogP contribution is 2.27. The van der Waals surface area contributed by atoms with E-state index in [0.29, 0.717) is 11.3 Å². The Kier molecular flexibility index (Phi) is 4.05. The topological polar surface area (TPSA) is 68.0 Å². The second-order valence-corrected chi connectivity index (χ2v) is 4.97. The van der Waals surface area contributed by atoms with Crippen LogP contribution in [0.2, 0.25) is 5.02 Å². The van der Waals surface area contributed by atoms with Crippen molar-refractivity contribution in [2.24, 2.45) is 5.73 Å². The highest BCUT2D eigenvalue weighted by atomic mass is 35.5. The van der Waals surface area contributed by atoms with Crippen LogP contribution in [0.3, 0.4) is 0 Å². The second-order valence-electron chi connectivity index (χ2n) is 4.56. The molecule has 118 valence electrons. The average Bonchev–Trinajstić information content (AvgIpc) is 2.92. The minimum atomic E-state index is -0.638. The molecule has 3 rings (SSSR count). The van der Waals surface area contributed by atoms with E-state index < -0.39 is 11.8 Å². The van der Waals surface area contributed by atoms with Crippen LogP contribution in [0, 0.1) is 5.82 Å². The van der Waals surface area contributed by atoms with Gasteiger partial charge in [0.05, 0.1) is 22.5 Å². The van der Waals surface area contributed by atoms with Gasteiger partial charge in [-0.05, 0) is 35.6 Å². The van der Waals surface area contributed by atoms with E-state index in [1.807, 2.05) is 0 Å². The highest BCUT2D eigenvalue weighted by Gasteiger charge is 2.26. The summed E-state index contributed by atoms with van der Waals surface area (Å²) in [5.41, 5.74) is 6.49. The largest absolute Gasteiger partial charge is 0.379 e. The van der Waals surface area contributed by atoms with Crippen LogP contribution in [0.1, 0.15) is 10.4 Å². The molecule has 2 aromatic carbocycles. The first kappa shape index (κ1) is 15.1. The molecule has 1 heterocycles. The SMILES string of the molecule is NC1=CN(c2ccc(F)c(Cl)c2)ON1OC(=O)c1ccccc1. The van der Waals surface area contributed by atoms with E-state index in [2.05, 4.69) is 0 Å². The van der Waals surface area contributed by atoms with Crippen molar-refractivity contribution in [3.63, 3.8) is 0 Å². The fourth-order valence-corrected chi connectivity index (χ4v) is 2.01. The number of anilines is 1. The number of halogens is 2. The van der Waals surface area contributed by atoms with Gasteiger partial charge in [-0.15, -0.1) is 4.94 Å². The predicted molar refractivity (Wildman–Crippen MR) is 80.9 cm³/mol. The van der Waals surface area contributed by atoms with E-state index in [1.54, 1.807) is 30.3 Å². The third-order valence-corrected chi connectivity index (χ3v) is 3.25. The predicted octanol–water partition coefficient (Wildman–Crippen LogP) is 2.98. The molecule has 0 amide bonds. The van der Waals surface area contributed by atoms with Crippen LogP contribution in [0.5, 0.6) is 0 Å². The molecule has 6 nitrogen and oxygen atoms in total. The summed E-state index contributed by atoms with van der Waals surface area (Å²) in [7, 11) is 0. The molecule has 0 aliphatic carbocycles. The number of nitrogens with zero attached hydrogens (tertiary/aromatic N) is 2. The Bertz CT molecular complexity index is 770. The molecule has 0 saturated heterocycles. The van der Waals surface area contributed by atoms with Gasteiger partial charge in [0.15, 0.2) is 5.82 Å². The Morgan fingerprint density at radius 2 is 1.96 bits per heavy atom. The molecule has 0 spiro atoms. The van der Waals surface area contributed by atoms with Crippen molar-refractivity contribution in [1.29, 1.82) is 0 Å². The Morgan fingerprint density at radius 1 is 1.22 bits per heavy atom. The van der Waals surface area contributed by atoms with E-state index >= 15 is 0 Å². The first-order valence-corrected chi connectivity index (χ1v) is 6.89. The molecular formula is C15H11ClFN3O3. The van der Waals surface area contributed by atoms with Crippen molar-refractivity contribution >= 4 is 23.3 Å². The van der Waals surface area contributed by atoms with Crippen LogP contribution < -0.4 is 10.8 Å². The zero-order valence-corrected chi connectivity index (χ0v) is 12.4. The van der Waals surface area contributed by atoms with E-state index in [-0.39, 0.29) is 10.8 Å². The molecule has 0 bridgehead atoms. The minimum Gasteiger partial charge on any atom is -0.379 e. The Hall–Kier alpha value is -2.77. The van der Waals surface area contributed by atoms with Gasteiger partial charge >= 0.3 is 5.97 Å². The zero-order chi connectivity index (χ0) is 16.4. The molecule has 0 unspecified atom stereocenters. The number of nitrogens with two attached hydrogens (primary N) is 1. The molecule has 0 atom stereocenters. The van der Waals surface area contributed by atoms with Gasteiger partial charge in [0.1, 0.15) is 5.82 Å². The summed E-state index contributed by atoms with van der Waals surface area (Å²) >= 11 is 5.72. The average molecular weight is 336 g/mol. The van der Waals surface area contributed by atoms with Crippen LogP contribution in [0.4, 0.5) is 10.1 Å². The lowest BCUT2D eigenvalue weighted by atomic mass is 10.2. The summed E-state index contributed by atoms with van der Waals surface area (Å²) in [6.45, 7) is 0. The van der Waals surface area contributed by atoms with Gasteiger partial charge in [0.25, 0.3) is 0 Å². The molecule has 1 aliphatic heterocycles. The van der Waals surface area contributed by atoms with E-state index in [1.165, 1.54) is 29.5 Å². The Morgan fingerprint density at radius 3 is 2.65 bits per heavy atom. The molecule has 2 aromatic rings. The molecular weight excluding hydrogens is 325 g/mol. The fourth-order valence-electron chi connectivity index (χ4n) is 1.83. The van der Waals surface area contributed by atoms with Crippen LogP contribution in [0.25, 0.3) is 0 Å². The monoisotopic (exact) mass is 335 g/mol. The van der Waals surface area contributed by atoms with Crippen molar-refractivity contribution in [2.45, 2.75) is 0 Å². The summed E-state index contributed by atoms with van der Waals surface area (Å²) in [6, 6.07) is 12.3. The normalized spacial score (nSPS) is 13.9. The quantitative estimate of drug-likeness (QED) is 0.930. The first-order valence-electron chi connectivity index (χ1n) is 6.52. The number of hydroxylamine groups is 3. The number of hydrogen-bond acceptors (Lipinski definition) is 6. The van der Waals surface area contributed by atoms with Gasteiger partial charge in [0, 0.05) is 0 Å². The zero-order valence-electron chi connectivity index (χ0n) is 11.6. The lowest BCUT2D eigenvalue weighted by Crippen LogP contribution is -2.29. The lowest BCUT2D eigenvalue weighted by Gasteiger charge is -2.19. The van der Waals surface area contributed by atoms with Gasteiger partial charge in [-0.1, -0.05) is 29.8 Å². The molecule has 8 heteroatoms.